The number of benzene rings is 1. The lowest BCUT2D eigenvalue weighted by molar-refractivity contribution is -0.118. The van der Waals surface area contributed by atoms with Gasteiger partial charge in [0.2, 0.25) is 0 Å². The molecule has 0 saturated heterocycles. The van der Waals surface area contributed by atoms with Crippen LogP contribution >= 0.6 is 0 Å². The molecule has 0 spiro atoms. The number of hydrogen-bond donors (Lipinski definition) is 0. The molecule has 3 rings (SSSR count). The average Bonchev–Trinajstić information content (AvgIpc) is 2.85. The monoisotopic (exact) mass is 242 g/mol. The number of carbonyl (C=O) groups excluding carboxylic acids is 1. The third kappa shape index (κ3) is 2.66. The maximum Gasteiger partial charge on any atom is 0.133 e. The lowest BCUT2D eigenvalue weighted by atomic mass is 10.0. The van der Waals surface area contributed by atoms with Gasteiger partial charge in [-0.3, -0.25) is 4.79 Å². The quantitative estimate of drug-likeness (QED) is 0.689. The molecule has 1 aromatic carbocycles. The molecular weight excluding hydrogens is 220 g/mol. The van der Waals surface area contributed by atoms with Crippen LogP contribution < -0.4 is 0 Å². The van der Waals surface area contributed by atoms with Gasteiger partial charge in [-0.1, -0.05) is 43.2 Å². The number of fused-ring (bicyclic) bond motifs is 1. The summed E-state index contributed by atoms with van der Waals surface area (Å²) in [6, 6.07) is 10.8. The average molecular weight is 242 g/mol. The van der Waals surface area contributed by atoms with Gasteiger partial charge < -0.3 is 0 Å². The van der Waals surface area contributed by atoms with Crippen molar-refractivity contribution in [3.8, 4) is 0 Å². The van der Waals surface area contributed by atoms with Crippen molar-refractivity contribution in [2.24, 2.45) is 17.8 Å². The summed E-state index contributed by atoms with van der Waals surface area (Å²) >= 11 is 0. The van der Waals surface area contributed by atoms with Gasteiger partial charge in [0.25, 0.3) is 0 Å². The Morgan fingerprint density at radius 3 is 2.39 bits per heavy atom. The van der Waals surface area contributed by atoms with E-state index in [0.29, 0.717) is 5.78 Å². The van der Waals surface area contributed by atoms with E-state index in [2.05, 4.69) is 30.3 Å². The summed E-state index contributed by atoms with van der Waals surface area (Å²) < 4.78 is 0. The van der Waals surface area contributed by atoms with Crippen molar-refractivity contribution in [1.29, 1.82) is 0 Å². The minimum atomic E-state index is 0.519. The fraction of sp³-hybridized carbons (Fsp3) is 0.588. The van der Waals surface area contributed by atoms with Crippen molar-refractivity contribution in [2.45, 2.75) is 44.9 Å². The Hall–Kier alpha value is -1.11. The fourth-order valence-corrected chi connectivity index (χ4v) is 3.70. The summed E-state index contributed by atoms with van der Waals surface area (Å²) in [5, 5.41) is 0. The van der Waals surface area contributed by atoms with E-state index in [-0.39, 0.29) is 0 Å². The van der Waals surface area contributed by atoms with Crippen molar-refractivity contribution >= 4 is 5.78 Å². The Kier molecular flexibility index (Phi) is 3.49. The van der Waals surface area contributed by atoms with Crippen molar-refractivity contribution in [1.82, 2.24) is 0 Å². The Labute approximate surface area is 110 Å². The van der Waals surface area contributed by atoms with Crippen molar-refractivity contribution < 1.29 is 4.79 Å². The number of hydrogen-bond acceptors (Lipinski definition) is 1. The predicted octanol–water partition coefficient (Wildman–Crippen LogP) is 4.01. The molecule has 96 valence electrons. The lowest BCUT2D eigenvalue weighted by Crippen LogP contribution is -1.98. The molecule has 1 nitrogen and oxygen atoms in total. The van der Waals surface area contributed by atoms with Crippen LogP contribution in [0.4, 0.5) is 0 Å². The van der Waals surface area contributed by atoms with Crippen LogP contribution in [-0.4, -0.2) is 5.78 Å². The number of Topliss-reactive ketones (excluding diaryl/α,β-unsaturated/α-hetero) is 1. The van der Waals surface area contributed by atoms with E-state index in [1.54, 1.807) is 0 Å². The Morgan fingerprint density at radius 2 is 1.67 bits per heavy atom. The second kappa shape index (κ2) is 5.26. The second-order valence-electron chi connectivity index (χ2n) is 6.02. The molecule has 18 heavy (non-hydrogen) atoms. The van der Waals surface area contributed by atoms with Gasteiger partial charge in [0, 0.05) is 12.8 Å². The van der Waals surface area contributed by atoms with Crippen LogP contribution in [0, 0.1) is 17.8 Å². The molecule has 0 heterocycles. The summed E-state index contributed by atoms with van der Waals surface area (Å²) in [5.41, 5.74) is 1.46. The largest absolute Gasteiger partial charge is 0.300 e. The van der Waals surface area contributed by atoms with Crippen molar-refractivity contribution in [3.05, 3.63) is 35.9 Å². The van der Waals surface area contributed by atoms with Crippen LogP contribution in [0.15, 0.2) is 30.3 Å². The summed E-state index contributed by atoms with van der Waals surface area (Å²) in [5.74, 6) is 3.03. The zero-order valence-corrected chi connectivity index (χ0v) is 11.0. The fourth-order valence-electron chi connectivity index (χ4n) is 3.70. The van der Waals surface area contributed by atoms with Crippen LogP contribution in [0.2, 0.25) is 0 Å². The molecule has 1 unspecified atom stereocenters. The first-order chi connectivity index (χ1) is 8.84. The summed E-state index contributed by atoms with van der Waals surface area (Å²) in [4.78, 5) is 11.2. The Bertz CT molecular complexity index is 395. The first kappa shape index (κ1) is 12.0. The summed E-state index contributed by atoms with van der Waals surface area (Å²) in [7, 11) is 0. The van der Waals surface area contributed by atoms with Crippen LogP contribution in [0.25, 0.3) is 0 Å². The minimum absolute atomic E-state index is 0.519. The molecule has 0 N–H and O–H groups in total. The van der Waals surface area contributed by atoms with Crippen LogP contribution in [0.1, 0.15) is 44.1 Å². The van der Waals surface area contributed by atoms with Gasteiger partial charge in [-0.05, 0) is 42.6 Å². The van der Waals surface area contributed by atoms with E-state index in [4.69, 9.17) is 0 Å². The van der Waals surface area contributed by atoms with Crippen LogP contribution in [0.5, 0.6) is 0 Å². The second-order valence-corrected chi connectivity index (χ2v) is 6.02. The first-order valence-corrected chi connectivity index (χ1v) is 7.40. The van der Waals surface area contributed by atoms with Gasteiger partial charge in [0.1, 0.15) is 5.78 Å². The third-order valence-electron chi connectivity index (χ3n) is 4.78. The molecule has 2 fully saturated rings. The molecule has 2 aliphatic rings. The Balaban J connectivity index is 1.27. The van der Waals surface area contributed by atoms with E-state index in [1.165, 1.54) is 37.7 Å². The SMILES string of the molecule is O=C1C[C@@H]2C(CCCCCc3ccccc3)[C@@H]2C1. The topological polar surface area (TPSA) is 17.1 Å². The highest BCUT2D eigenvalue weighted by Gasteiger charge is 2.54. The lowest BCUT2D eigenvalue weighted by Gasteiger charge is -2.03. The number of aryl methyl sites for hydroxylation is 1. The van der Waals surface area contributed by atoms with Gasteiger partial charge in [0.05, 0.1) is 0 Å². The van der Waals surface area contributed by atoms with E-state index in [1.807, 2.05) is 0 Å². The molecule has 3 atom stereocenters. The molecule has 0 bridgehead atoms. The predicted molar refractivity (Wildman–Crippen MR) is 73.3 cm³/mol. The minimum Gasteiger partial charge on any atom is -0.300 e. The van der Waals surface area contributed by atoms with Gasteiger partial charge in [-0.2, -0.15) is 0 Å². The number of ketones is 1. The zero-order chi connectivity index (χ0) is 12.4. The molecular formula is C17H22O. The van der Waals surface area contributed by atoms with Gasteiger partial charge >= 0.3 is 0 Å². The highest BCUT2D eigenvalue weighted by Crippen LogP contribution is 2.58. The van der Waals surface area contributed by atoms with E-state index in [0.717, 1.165) is 30.6 Å². The Morgan fingerprint density at radius 1 is 0.944 bits per heavy atom. The summed E-state index contributed by atoms with van der Waals surface area (Å²) in [6.07, 6.45) is 8.41. The number of carbonyl (C=O) groups is 1. The standard InChI is InChI=1S/C17H22O/c18-14-11-16-15(17(16)12-14)10-6-2-5-9-13-7-3-1-4-8-13/h1,3-4,7-8,15-17H,2,5-6,9-12H2/t15?,16-,17+. The molecule has 0 aromatic heterocycles. The van der Waals surface area contributed by atoms with Gasteiger partial charge in [-0.15, -0.1) is 0 Å². The van der Waals surface area contributed by atoms with E-state index in [9.17, 15) is 4.79 Å². The van der Waals surface area contributed by atoms with Crippen molar-refractivity contribution in [2.75, 3.05) is 0 Å². The molecule has 1 aromatic rings. The smallest absolute Gasteiger partial charge is 0.133 e. The van der Waals surface area contributed by atoms with Gasteiger partial charge in [-0.25, -0.2) is 0 Å². The van der Waals surface area contributed by atoms with E-state index < -0.39 is 0 Å². The molecule has 2 saturated carbocycles. The molecule has 0 amide bonds. The van der Waals surface area contributed by atoms with Crippen molar-refractivity contribution in [3.63, 3.8) is 0 Å². The van der Waals surface area contributed by atoms with Crippen LogP contribution in [-0.2, 0) is 11.2 Å². The molecule has 0 aliphatic heterocycles. The number of rotatable bonds is 6. The van der Waals surface area contributed by atoms with E-state index >= 15 is 0 Å². The van der Waals surface area contributed by atoms with Gasteiger partial charge in [0.15, 0.2) is 0 Å². The normalized spacial score (nSPS) is 29.3. The maximum absolute atomic E-state index is 11.2. The molecule has 1 heteroatoms. The highest BCUT2D eigenvalue weighted by molar-refractivity contribution is 5.82. The molecule has 0 radical (unpaired) electrons. The van der Waals surface area contributed by atoms with Crippen LogP contribution in [0.3, 0.4) is 0 Å². The third-order valence-corrected chi connectivity index (χ3v) is 4.78. The maximum atomic E-state index is 11.2. The summed E-state index contributed by atoms with van der Waals surface area (Å²) in [6.45, 7) is 0. The first-order valence-electron chi connectivity index (χ1n) is 7.40. The highest BCUT2D eigenvalue weighted by atomic mass is 16.1. The molecule has 2 aliphatic carbocycles. The zero-order valence-electron chi connectivity index (χ0n) is 11.0. The number of unbranched alkanes of at least 4 members (excludes halogenated alkanes) is 2.